The Labute approximate surface area is 180 Å². The number of thiazole rings is 1. The summed E-state index contributed by atoms with van der Waals surface area (Å²) >= 11 is 1.21. The number of anilines is 1. The number of carbonyl (C=O) groups is 2. The Bertz CT molecular complexity index is 1040. The average molecular weight is 449 g/mol. The topological polar surface area (TPSA) is 80.3 Å². The van der Waals surface area contributed by atoms with E-state index in [1.54, 1.807) is 36.6 Å². The van der Waals surface area contributed by atoms with Gasteiger partial charge in [-0.05, 0) is 36.8 Å². The highest BCUT2D eigenvalue weighted by atomic mass is 32.1. The summed E-state index contributed by atoms with van der Waals surface area (Å²) in [5.74, 6) is -0.936. The number of carbonyl (C=O) groups excluding carboxylic acids is 2. The summed E-state index contributed by atoms with van der Waals surface area (Å²) in [6.07, 6.45) is -4.76. The van der Waals surface area contributed by atoms with E-state index < -0.39 is 12.4 Å². The number of rotatable bonds is 7. The van der Waals surface area contributed by atoms with Crippen LogP contribution in [0, 0.1) is 0 Å². The largest absolute Gasteiger partial charge is 0.573 e. The molecule has 0 spiro atoms. The van der Waals surface area contributed by atoms with E-state index in [1.165, 1.54) is 35.6 Å². The average Bonchev–Trinajstić information content (AvgIpc) is 3.14. The molecular weight excluding hydrogens is 431 g/mol. The first-order chi connectivity index (χ1) is 14.7. The molecule has 1 aromatic heterocycles. The second kappa shape index (κ2) is 9.61. The maximum absolute atomic E-state index is 12.3. The molecule has 10 heteroatoms. The van der Waals surface area contributed by atoms with E-state index in [-0.39, 0.29) is 24.0 Å². The Balaban J connectivity index is 1.52. The van der Waals surface area contributed by atoms with E-state index in [1.807, 2.05) is 6.07 Å². The first kappa shape index (κ1) is 22.3. The molecule has 0 aliphatic carbocycles. The summed E-state index contributed by atoms with van der Waals surface area (Å²) < 4.78 is 40.5. The van der Waals surface area contributed by atoms with Crippen LogP contribution in [0.25, 0.3) is 0 Å². The fraction of sp³-hybridized carbons (Fsp3) is 0.190. The van der Waals surface area contributed by atoms with E-state index >= 15 is 0 Å². The van der Waals surface area contributed by atoms with E-state index in [2.05, 4.69) is 20.4 Å². The van der Waals surface area contributed by atoms with Crippen molar-refractivity contribution in [3.8, 4) is 5.75 Å². The van der Waals surface area contributed by atoms with Crippen LogP contribution in [-0.4, -0.2) is 23.2 Å². The minimum atomic E-state index is -4.76. The second-order valence-corrected chi connectivity index (χ2v) is 7.41. The molecule has 0 radical (unpaired) electrons. The monoisotopic (exact) mass is 449 g/mol. The molecule has 2 amide bonds. The van der Waals surface area contributed by atoms with Gasteiger partial charge in [0.15, 0.2) is 5.13 Å². The molecule has 1 unspecified atom stereocenters. The van der Waals surface area contributed by atoms with E-state index in [0.717, 1.165) is 0 Å². The van der Waals surface area contributed by atoms with Crippen molar-refractivity contribution in [2.75, 3.05) is 5.32 Å². The number of ether oxygens (including phenoxy) is 1. The number of alkyl halides is 3. The Morgan fingerprint density at radius 1 is 1.10 bits per heavy atom. The van der Waals surface area contributed by atoms with Crippen LogP contribution in [0.3, 0.4) is 0 Å². The van der Waals surface area contributed by atoms with Crippen molar-refractivity contribution in [2.24, 2.45) is 0 Å². The van der Waals surface area contributed by atoms with Gasteiger partial charge in [0.05, 0.1) is 18.2 Å². The fourth-order valence-electron chi connectivity index (χ4n) is 2.70. The summed E-state index contributed by atoms with van der Waals surface area (Å²) in [4.78, 5) is 28.7. The molecule has 3 aromatic rings. The van der Waals surface area contributed by atoms with Crippen molar-refractivity contribution >= 4 is 28.3 Å². The number of nitrogens with zero attached hydrogens (tertiary/aromatic N) is 1. The summed E-state index contributed by atoms with van der Waals surface area (Å²) in [6.45, 7) is 1.71. The fourth-order valence-corrected chi connectivity index (χ4v) is 3.41. The third-order valence-electron chi connectivity index (χ3n) is 4.14. The van der Waals surface area contributed by atoms with Crippen LogP contribution in [0.4, 0.5) is 18.3 Å². The van der Waals surface area contributed by atoms with Crippen molar-refractivity contribution in [2.45, 2.75) is 25.7 Å². The molecule has 6 nitrogen and oxygen atoms in total. The molecule has 0 aliphatic heterocycles. The predicted octanol–water partition coefficient (Wildman–Crippen LogP) is 4.71. The molecule has 2 N–H and O–H groups in total. The lowest BCUT2D eigenvalue weighted by Crippen LogP contribution is -2.28. The number of hydrogen-bond acceptors (Lipinski definition) is 5. The molecule has 0 fully saturated rings. The van der Waals surface area contributed by atoms with Crippen molar-refractivity contribution in [1.82, 2.24) is 10.3 Å². The highest BCUT2D eigenvalue weighted by Gasteiger charge is 2.31. The lowest BCUT2D eigenvalue weighted by atomic mass is 10.1. The Kier molecular flexibility index (Phi) is 6.91. The van der Waals surface area contributed by atoms with Crippen molar-refractivity contribution in [1.29, 1.82) is 0 Å². The van der Waals surface area contributed by atoms with Crippen LogP contribution in [0.1, 0.15) is 34.6 Å². The van der Waals surface area contributed by atoms with Crippen molar-refractivity contribution < 1.29 is 27.5 Å². The van der Waals surface area contributed by atoms with Gasteiger partial charge >= 0.3 is 6.36 Å². The van der Waals surface area contributed by atoms with Gasteiger partial charge in [-0.1, -0.05) is 30.3 Å². The Hall–Kier alpha value is -3.40. The lowest BCUT2D eigenvalue weighted by Gasteiger charge is -2.15. The molecular formula is C21H18F3N3O3S. The van der Waals surface area contributed by atoms with Gasteiger partial charge in [0.2, 0.25) is 5.91 Å². The van der Waals surface area contributed by atoms with Gasteiger partial charge in [0, 0.05) is 10.9 Å². The van der Waals surface area contributed by atoms with Gasteiger partial charge < -0.3 is 10.1 Å². The van der Waals surface area contributed by atoms with Gasteiger partial charge in [0.25, 0.3) is 5.91 Å². The molecule has 0 saturated heterocycles. The molecule has 1 atom stereocenters. The molecule has 0 bridgehead atoms. The summed E-state index contributed by atoms with van der Waals surface area (Å²) in [5.41, 5.74) is 1.61. The smallest absolute Gasteiger partial charge is 0.406 e. The molecule has 3 rings (SSSR count). The van der Waals surface area contributed by atoms with E-state index in [0.29, 0.717) is 22.0 Å². The Morgan fingerprint density at radius 2 is 1.77 bits per heavy atom. The third-order valence-corrected chi connectivity index (χ3v) is 4.95. The Morgan fingerprint density at radius 3 is 2.42 bits per heavy atom. The van der Waals surface area contributed by atoms with Gasteiger partial charge in [-0.2, -0.15) is 0 Å². The second-order valence-electron chi connectivity index (χ2n) is 6.55. The van der Waals surface area contributed by atoms with Gasteiger partial charge in [-0.25, -0.2) is 4.98 Å². The van der Waals surface area contributed by atoms with Gasteiger partial charge in [-0.3, -0.25) is 14.9 Å². The third kappa shape index (κ3) is 6.82. The number of aromatic nitrogens is 1. The molecule has 0 saturated carbocycles. The molecule has 0 aliphatic rings. The zero-order valence-electron chi connectivity index (χ0n) is 16.3. The maximum Gasteiger partial charge on any atom is 0.573 e. The van der Waals surface area contributed by atoms with Crippen molar-refractivity contribution in [3.05, 3.63) is 76.8 Å². The minimum absolute atomic E-state index is 0.00266. The van der Waals surface area contributed by atoms with Crippen molar-refractivity contribution in [3.63, 3.8) is 0 Å². The SMILES string of the molecule is CC(NC(=O)Cc1csc(NC(=O)c2ccccc2)n1)c1ccc(OC(F)(F)F)cc1. The lowest BCUT2D eigenvalue weighted by molar-refractivity contribution is -0.274. The van der Waals surface area contributed by atoms with Gasteiger partial charge in [0.1, 0.15) is 5.75 Å². The van der Waals surface area contributed by atoms with E-state index in [4.69, 9.17) is 0 Å². The summed E-state index contributed by atoms with van der Waals surface area (Å²) in [5, 5.41) is 7.50. The van der Waals surface area contributed by atoms with Crippen LogP contribution in [0.2, 0.25) is 0 Å². The normalized spacial score (nSPS) is 12.1. The summed E-state index contributed by atoms with van der Waals surface area (Å²) in [7, 11) is 0. The molecule has 162 valence electrons. The number of halogens is 3. The van der Waals surface area contributed by atoms with Gasteiger partial charge in [-0.15, -0.1) is 24.5 Å². The highest BCUT2D eigenvalue weighted by molar-refractivity contribution is 7.14. The number of hydrogen-bond donors (Lipinski definition) is 2. The van der Waals surface area contributed by atoms with Crippen LogP contribution in [0.15, 0.2) is 60.0 Å². The van der Waals surface area contributed by atoms with Crippen LogP contribution in [0.5, 0.6) is 5.75 Å². The molecule has 2 aromatic carbocycles. The highest BCUT2D eigenvalue weighted by Crippen LogP contribution is 2.24. The van der Waals surface area contributed by atoms with E-state index in [9.17, 15) is 22.8 Å². The quantitative estimate of drug-likeness (QED) is 0.547. The van der Waals surface area contributed by atoms with Crippen LogP contribution < -0.4 is 15.4 Å². The molecule has 1 heterocycles. The first-order valence-electron chi connectivity index (χ1n) is 9.15. The first-order valence-corrected chi connectivity index (χ1v) is 10.0. The zero-order chi connectivity index (χ0) is 22.4. The minimum Gasteiger partial charge on any atom is -0.406 e. The zero-order valence-corrected chi connectivity index (χ0v) is 17.1. The van der Waals surface area contributed by atoms with Crippen LogP contribution in [-0.2, 0) is 11.2 Å². The summed E-state index contributed by atoms with van der Waals surface area (Å²) in [6, 6.07) is 13.5. The number of amides is 2. The molecule has 31 heavy (non-hydrogen) atoms. The standard InChI is InChI=1S/C21H18F3N3O3S/c1-13(14-7-9-17(10-8-14)30-21(22,23)24)25-18(28)11-16-12-31-20(26-16)27-19(29)15-5-3-2-4-6-15/h2-10,12-13H,11H2,1H3,(H,25,28)(H,26,27,29). The number of benzene rings is 2. The maximum atomic E-state index is 12.3. The number of nitrogens with one attached hydrogen (secondary N) is 2. The predicted molar refractivity (Wildman–Crippen MR) is 110 cm³/mol. The van der Waals surface area contributed by atoms with Crippen LogP contribution >= 0.6 is 11.3 Å².